The predicted octanol–water partition coefficient (Wildman–Crippen LogP) is 2.07. The molecule has 94 valence electrons. The summed E-state index contributed by atoms with van der Waals surface area (Å²) in [5.74, 6) is -0.204. The van der Waals surface area contributed by atoms with Gasteiger partial charge in [-0.25, -0.2) is 0 Å². The van der Waals surface area contributed by atoms with Gasteiger partial charge >= 0.3 is 0 Å². The lowest BCUT2D eigenvalue weighted by Gasteiger charge is -2.07. The molecule has 0 aromatic heterocycles. The van der Waals surface area contributed by atoms with Gasteiger partial charge in [-0.05, 0) is 25.0 Å². The maximum absolute atomic E-state index is 11.8. The molecule has 0 radical (unpaired) electrons. The topological polar surface area (TPSA) is 60.4 Å². The predicted molar refractivity (Wildman–Crippen MR) is 64.2 cm³/mol. The van der Waals surface area contributed by atoms with Crippen LogP contribution in [0.2, 0.25) is 0 Å². The van der Waals surface area contributed by atoms with Crippen molar-refractivity contribution in [3.63, 3.8) is 0 Å². The van der Waals surface area contributed by atoms with Crippen molar-refractivity contribution in [2.45, 2.75) is 31.6 Å². The number of carbonyl (C=O) groups excluding carboxylic acids is 1. The van der Waals surface area contributed by atoms with E-state index in [-0.39, 0.29) is 17.3 Å². The van der Waals surface area contributed by atoms with Crippen molar-refractivity contribution < 1.29 is 17.4 Å². The van der Waals surface area contributed by atoms with E-state index in [2.05, 4.69) is 0 Å². The van der Waals surface area contributed by atoms with E-state index < -0.39 is 10.1 Å². The van der Waals surface area contributed by atoms with Gasteiger partial charge in [0.05, 0.1) is 4.90 Å². The first kappa shape index (κ1) is 13.9. The van der Waals surface area contributed by atoms with Crippen molar-refractivity contribution in [3.8, 4) is 0 Å². The Kier molecular flexibility index (Phi) is 4.84. The van der Waals surface area contributed by atoms with Gasteiger partial charge in [0.25, 0.3) is 10.1 Å². The second-order valence-electron chi connectivity index (χ2n) is 3.77. The van der Waals surface area contributed by atoms with E-state index in [1.807, 2.05) is 6.92 Å². The summed E-state index contributed by atoms with van der Waals surface area (Å²) in [6.07, 6.45) is 1.02. The fraction of sp³-hybridized carbons (Fsp3) is 0.417. The van der Waals surface area contributed by atoms with E-state index >= 15 is 0 Å². The van der Waals surface area contributed by atoms with Crippen LogP contribution < -0.4 is 0 Å². The molecule has 0 unspecified atom stereocenters. The molecule has 0 spiro atoms. The molecule has 4 nitrogen and oxygen atoms in total. The Labute approximate surface area is 102 Å². The summed E-state index contributed by atoms with van der Waals surface area (Å²) in [7, 11) is -3.83. The maximum atomic E-state index is 11.8. The van der Waals surface area contributed by atoms with Gasteiger partial charge in [0, 0.05) is 6.42 Å². The molecule has 1 rings (SSSR count). The lowest BCUT2D eigenvalue weighted by atomic mass is 10.2. The van der Waals surface area contributed by atoms with E-state index in [1.165, 1.54) is 6.07 Å². The third-order valence-corrected chi connectivity index (χ3v) is 3.69. The number of ketones is 1. The van der Waals surface area contributed by atoms with E-state index in [9.17, 15) is 13.2 Å². The molecule has 5 heteroatoms. The van der Waals surface area contributed by atoms with Crippen molar-refractivity contribution in [1.29, 1.82) is 0 Å². The van der Waals surface area contributed by atoms with Crippen LogP contribution >= 0.6 is 0 Å². The van der Waals surface area contributed by atoms with E-state index in [0.717, 1.165) is 0 Å². The molecular formula is C12H16O4S. The summed E-state index contributed by atoms with van der Waals surface area (Å²) in [5.41, 5.74) is 0.607. The monoisotopic (exact) mass is 256 g/mol. The lowest BCUT2D eigenvalue weighted by Crippen LogP contribution is -2.15. The molecule has 0 aliphatic heterocycles. The summed E-state index contributed by atoms with van der Waals surface area (Å²) in [6, 6.07) is 6.52. The van der Waals surface area contributed by atoms with Crippen LogP contribution in [-0.4, -0.2) is 20.8 Å². The molecular weight excluding hydrogens is 240 g/mol. The minimum atomic E-state index is -3.83. The van der Waals surface area contributed by atoms with Crippen LogP contribution in [0.5, 0.6) is 0 Å². The third-order valence-electron chi connectivity index (χ3n) is 2.27. The first-order chi connectivity index (χ1) is 7.97. The number of hydrogen-bond donors (Lipinski definition) is 0. The normalized spacial score (nSPS) is 11.4. The first-order valence-electron chi connectivity index (χ1n) is 5.44. The summed E-state index contributed by atoms with van der Waals surface area (Å²) in [5, 5.41) is 0. The van der Waals surface area contributed by atoms with Crippen molar-refractivity contribution >= 4 is 15.9 Å². The van der Waals surface area contributed by atoms with Crippen molar-refractivity contribution in [1.82, 2.24) is 0 Å². The number of aryl methyl sites for hydroxylation is 1. The molecule has 17 heavy (non-hydrogen) atoms. The number of Topliss-reactive ketones (excluding diaryl/α,β-unsaturated/α-hetero) is 1. The zero-order valence-electron chi connectivity index (χ0n) is 9.97. The van der Waals surface area contributed by atoms with Gasteiger partial charge in [0.15, 0.2) is 5.78 Å². The largest absolute Gasteiger partial charge is 0.297 e. The summed E-state index contributed by atoms with van der Waals surface area (Å²) >= 11 is 0. The van der Waals surface area contributed by atoms with Gasteiger partial charge < -0.3 is 0 Å². The van der Waals surface area contributed by atoms with Crippen molar-refractivity contribution in [3.05, 3.63) is 29.8 Å². The van der Waals surface area contributed by atoms with Crippen LogP contribution in [0, 0.1) is 6.92 Å². The molecule has 0 aliphatic rings. The number of carbonyl (C=O) groups is 1. The Morgan fingerprint density at radius 2 is 1.94 bits per heavy atom. The van der Waals surface area contributed by atoms with Gasteiger partial charge in [-0.1, -0.05) is 25.1 Å². The van der Waals surface area contributed by atoms with E-state index in [4.69, 9.17) is 4.18 Å². The van der Waals surface area contributed by atoms with Crippen LogP contribution in [0.25, 0.3) is 0 Å². The Hall–Kier alpha value is -1.20. The third kappa shape index (κ3) is 3.94. The smallest absolute Gasteiger partial charge is 0.297 e. The molecule has 0 saturated carbocycles. The van der Waals surface area contributed by atoms with Crippen LogP contribution in [0.4, 0.5) is 0 Å². The molecule has 0 N–H and O–H groups in total. The molecule has 0 heterocycles. The van der Waals surface area contributed by atoms with Gasteiger partial charge in [-0.15, -0.1) is 0 Å². The SMILES string of the molecule is CCCC(=O)COS(=O)(=O)c1ccccc1C. The summed E-state index contributed by atoms with van der Waals surface area (Å²) < 4.78 is 28.3. The number of benzene rings is 1. The lowest BCUT2D eigenvalue weighted by molar-refractivity contribution is -0.121. The Bertz CT molecular complexity index is 491. The highest BCUT2D eigenvalue weighted by Crippen LogP contribution is 2.16. The average Bonchev–Trinajstić information content (AvgIpc) is 2.27. The van der Waals surface area contributed by atoms with Gasteiger partial charge in [-0.2, -0.15) is 8.42 Å². The molecule has 1 aromatic carbocycles. The molecule has 0 fully saturated rings. The van der Waals surface area contributed by atoms with E-state index in [1.54, 1.807) is 25.1 Å². The second kappa shape index (κ2) is 5.93. The van der Waals surface area contributed by atoms with Crippen molar-refractivity contribution in [2.75, 3.05) is 6.61 Å². The van der Waals surface area contributed by atoms with E-state index in [0.29, 0.717) is 18.4 Å². The highest BCUT2D eigenvalue weighted by atomic mass is 32.2. The molecule has 0 aliphatic carbocycles. The fourth-order valence-electron chi connectivity index (χ4n) is 1.39. The van der Waals surface area contributed by atoms with Crippen LogP contribution in [0.1, 0.15) is 25.3 Å². The molecule has 1 aromatic rings. The Morgan fingerprint density at radius 3 is 2.53 bits per heavy atom. The Balaban J connectivity index is 2.77. The minimum absolute atomic E-state index is 0.115. The zero-order chi connectivity index (χ0) is 12.9. The van der Waals surface area contributed by atoms with Gasteiger partial charge in [0.1, 0.15) is 6.61 Å². The number of hydrogen-bond acceptors (Lipinski definition) is 4. The molecule has 0 atom stereocenters. The molecule has 0 bridgehead atoms. The highest BCUT2D eigenvalue weighted by Gasteiger charge is 2.18. The van der Waals surface area contributed by atoms with Crippen molar-refractivity contribution in [2.24, 2.45) is 0 Å². The van der Waals surface area contributed by atoms with Crippen LogP contribution in [0.3, 0.4) is 0 Å². The van der Waals surface area contributed by atoms with Gasteiger partial charge in [0.2, 0.25) is 0 Å². The molecule has 0 amide bonds. The number of rotatable bonds is 6. The average molecular weight is 256 g/mol. The zero-order valence-corrected chi connectivity index (χ0v) is 10.8. The highest BCUT2D eigenvalue weighted by molar-refractivity contribution is 7.86. The standard InChI is InChI=1S/C12H16O4S/c1-3-6-11(13)9-16-17(14,15)12-8-5-4-7-10(12)2/h4-5,7-8H,3,6,9H2,1-2H3. The van der Waals surface area contributed by atoms with Crippen LogP contribution in [0.15, 0.2) is 29.2 Å². The first-order valence-corrected chi connectivity index (χ1v) is 6.85. The summed E-state index contributed by atoms with van der Waals surface area (Å²) in [6.45, 7) is 3.16. The van der Waals surface area contributed by atoms with Gasteiger partial charge in [-0.3, -0.25) is 8.98 Å². The fourth-order valence-corrected chi connectivity index (χ4v) is 2.52. The van der Waals surface area contributed by atoms with Crippen LogP contribution in [-0.2, 0) is 19.1 Å². The molecule has 0 saturated heterocycles. The Morgan fingerprint density at radius 1 is 1.29 bits per heavy atom. The maximum Gasteiger partial charge on any atom is 0.297 e. The summed E-state index contributed by atoms with van der Waals surface area (Å²) in [4.78, 5) is 11.3. The quantitative estimate of drug-likeness (QED) is 0.731. The minimum Gasteiger partial charge on any atom is -0.297 e. The second-order valence-corrected chi connectivity index (χ2v) is 5.35.